The topological polar surface area (TPSA) is 138 Å². The quantitative estimate of drug-likeness (QED) is 0.340. The Morgan fingerprint density at radius 1 is 1.00 bits per heavy atom. The van der Waals surface area contributed by atoms with E-state index in [4.69, 9.17) is 18.9 Å². The molecule has 1 N–H and O–H groups in total. The summed E-state index contributed by atoms with van der Waals surface area (Å²) in [5.74, 6) is -2.40. The van der Waals surface area contributed by atoms with Gasteiger partial charge in [0.25, 0.3) is 5.91 Å². The maximum atomic E-state index is 14.4. The average Bonchev–Trinajstić information content (AvgIpc) is 3.10. The number of carbonyl (C=O) groups excluding carboxylic acids is 4. The molecule has 10 atom stereocenters. The highest BCUT2D eigenvalue weighted by atomic mass is 16.7. The van der Waals surface area contributed by atoms with Gasteiger partial charge in [-0.2, -0.15) is 0 Å². The van der Waals surface area contributed by atoms with Gasteiger partial charge in [-0.25, -0.2) is 0 Å². The van der Waals surface area contributed by atoms with Crippen molar-refractivity contribution in [2.75, 3.05) is 61.0 Å². The molecule has 1 aromatic rings. The largest absolute Gasteiger partial charge is 0.460 e. The monoisotopic (exact) mass is 744 g/mol. The molecule has 298 valence electrons. The van der Waals surface area contributed by atoms with Gasteiger partial charge in [0.1, 0.15) is 23.7 Å². The van der Waals surface area contributed by atoms with Crippen LogP contribution in [0.4, 0.5) is 0 Å². The van der Waals surface area contributed by atoms with E-state index in [1.807, 2.05) is 76.8 Å². The minimum Gasteiger partial charge on any atom is -0.460 e. The number of hydrogen-bond donors (Lipinski definition) is 1. The van der Waals surface area contributed by atoms with Crippen molar-refractivity contribution in [2.45, 2.75) is 117 Å². The van der Waals surface area contributed by atoms with Crippen LogP contribution in [-0.2, 0) is 33.3 Å². The molecule has 3 aliphatic heterocycles. The number of aliphatic hydroxyl groups excluding tert-OH is 1. The Morgan fingerprint density at radius 2 is 1.62 bits per heavy atom. The summed E-state index contributed by atoms with van der Waals surface area (Å²) >= 11 is 0. The number of esters is 1. The molecule has 0 bridgehead atoms. The molecule has 13 nitrogen and oxygen atoms in total. The molecule has 0 spiro atoms. The van der Waals surface area contributed by atoms with Crippen molar-refractivity contribution in [3.63, 3.8) is 0 Å². The van der Waals surface area contributed by atoms with Gasteiger partial charge in [-0.3, -0.25) is 24.1 Å². The van der Waals surface area contributed by atoms with Crippen LogP contribution in [0.15, 0.2) is 24.3 Å². The summed E-state index contributed by atoms with van der Waals surface area (Å²) in [5.41, 5.74) is -1.05. The van der Waals surface area contributed by atoms with Gasteiger partial charge < -0.3 is 38.8 Å². The molecular weight excluding hydrogens is 680 g/mol. The minimum absolute atomic E-state index is 0.0719. The molecular formula is C40H64N4O9. The van der Waals surface area contributed by atoms with E-state index in [0.29, 0.717) is 51.1 Å². The second kappa shape index (κ2) is 17.2. The summed E-state index contributed by atoms with van der Waals surface area (Å²) in [6.07, 6.45) is -3.02. The maximum absolute atomic E-state index is 14.4. The number of aryl methyl sites for hydroxylation is 1. The van der Waals surface area contributed by atoms with E-state index < -0.39 is 59.3 Å². The number of likely N-dealkylation sites (N-methyl/N-ethyl adjacent to an activating group) is 2. The number of cyclic esters (lactones) is 1. The first kappa shape index (κ1) is 42.8. The zero-order valence-corrected chi connectivity index (χ0v) is 34.0. The molecule has 1 aromatic carbocycles. The highest BCUT2D eigenvalue weighted by Crippen LogP contribution is 2.38. The summed E-state index contributed by atoms with van der Waals surface area (Å²) in [5, 5.41) is 11.4. The normalized spacial score (nSPS) is 35.2. The van der Waals surface area contributed by atoms with Crippen LogP contribution in [0.2, 0.25) is 0 Å². The van der Waals surface area contributed by atoms with Gasteiger partial charge in [-0.1, -0.05) is 31.5 Å². The number of hydrogen-bond acceptors (Lipinski definition) is 11. The SMILES string of the molecule is CO[C@]1(C)C[C@@H](C)CN(C)[C@@H](C(=O)N2CCN(C(=O)c3cccc(C)c3)CC2)[C@H](C)OC(=O)C(C)(C)C(=O)[C@H](C)[C@H]1O[C@@H]1O[C@H](C)C[C@H](N(C)C)[C@H]1O. The third kappa shape index (κ3) is 9.48. The van der Waals surface area contributed by atoms with Crippen LogP contribution in [0.3, 0.4) is 0 Å². The first-order valence-corrected chi connectivity index (χ1v) is 19.0. The second-order valence-corrected chi connectivity index (χ2v) is 16.7. The Balaban J connectivity index is 1.61. The number of carbonyl (C=O) groups is 4. The predicted octanol–water partition coefficient (Wildman–Crippen LogP) is 3.00. The van der Waals surface area contributed by atoms with Gasteiger partial charge in [-0.15, -0.1) is 0 Å². The van der Waals surface area contributed by atoms with Gasteiger partial charge in [0.2, 0.25) is 5.91 Å². The number of methoxy groups -OCH3 is 1. The fourth-order valence-corrected chi connectivity index (χ4v) is 8.48. The molecule has 13 heteroatoms. The number of benzene rings is 1. The summed E-state index contributed by atoms with van der Waals surface area (Å²) < 4.78 is 25.0. The van der Waals surface area contributed by atoms with E-state index in [-0.39, 0.29) is 29.9 Å². The fourth-order valence-electron chi connectivity index (χ4n) is 8.48. The molecule has 4 rings (SSSR count). The summed E-state index contributed by atoms with van der Waals surface area (Å²) in [6, 6.07) is 6.40. The van der Waals surface area contributed by atoms with Crippen LogP contribution in [-0.4, -0.2) is 158 Å². The lowest BCUT2D eigenvalue weighted by molar-refractivity contribution is -0.295. The fraction of sp³-hybridized carbons (Fsp3) is 0.750. The summed E-state index contributed by atoms with van der Waals surface area (Å²) in [4.78, 5) is 63.3. The third-order valence-corrected chi connectivity index (χ3v) is 11.6. The lowest BCUT2D eigenvalue weighted by Crippen LogP contribution is -2.59. The number of aliphatic hydroxyl groups is 1. The summed E-state index contributed by atoms with van der Waals surface area (Å²) in [7, 11) is 7.20. The Kier molecular flexibility index (Phi) is 13.9. The van der Waals surface area contributed by atoms with Gasteiger partial charge in [0, 0.05) is 57.4 Å². The molecule has 0 saturated carbocycles. The van der Waals surface area contributed by atoms with Crippen molar-refractivity contribution >= 4 is 23.6 Å². The molecule has 53 heavy (non-hydrogen) atoms. The molecule has 3 saturated heterocycles. The Hall–Kier alpha value is -2.94. The number of ether oxygens (including phenoxy) is 4. The van der Waals surface area contributed by atoms with Crippen molar-refractivity contribution in [1.29, 1.82) is 0 Å². The Bertz CT molecular complexity index is 1460. The second-order valence-electron chi connectivity index (χ2n) is 16.7. The van der Waals surface area contributed by atoms with Crippen molar-refractivity contribution in [3.05, 3.63) is 35.4 Å². The van der Waals surface area contributed by atoms with Crippen LogP contribution in [0.5, 0.6) is 0 Å². The van der Waals surface area contributed by atoms with Crippen LogP contribution in [0, 0.1) is 24.2 Å². The molecule has 0 aliphatic carbocycles. The number of amides is 2. The molecule has 3 aliphatic rings. The summed E-state index contributed by atoms with van der Waals surface area (Å²) in [6.45, 7) is 16.1. The van der Waals surface area contributed by atoms with E-state index in [1.54, 1.807) is 36.8 Å². The third-order valence-electron chi connectivity index (χ3n) is 11.6. The van der Waals surface area contributed by atoms with Crippen molar-refractivity contribution in [1.82, 2.24) is 19.6 Å². The van der Waals surface area contributed by atoms with E-state index in [2.05, 4.69) is 0 Å². The molecule has 0 unspecified atom stereocenters. The molecule has 3 heterocycles. The van der Waals surface area contributed by atoms with E-state index in [0.717, 1.165) is 5.56 Å². The minimum atomic E-state index is -1.61. The lowest BCUT2D eigenvalue weighted by Gasteiger charge is -2.47. The lowest BCUT2D eigenvalue weighted by atomic mass is 9.74. The number of ketones is 1. The van der Waals surface area contributed by atoms with Crippen LogP contribution < -0.4 is 0 Å². The number of piperazine rings is 1. The highest BCUT2D eigenvalue weighted by Gasteiger charge is 2.52. The van der Waals surface area contributed by atoms with Crippen molar-refractivity contribution in [3.8, 4) is 0 Å². The van der Waals surface area contributed by atoms with Crippen LogP contribution in [0.1, 0.15) is 77.2 Å². The zero-order chi connectivity index (χ0) is 39.6. The maximum Gasteiger partial charge on any atom is 0.319 e. The van der Waals surface area contributed by atoms with Crippen LogP contribution in [0.25, 0.3) is 0 Å². The zero-order valence-electron chi connectivity index (χ0n) is 34.0. The first-order chi connectivity index (χ1) is 24.7. The number of rotatable bonds is 6. The van der Waals surface area contributed by atoms with Gasteiger partial charge in [0.15, 0.2) is 12.1 Å². The average molecular weight is 745 g/mol. The first-order valence-electron chi connectivity index (χ1n) is 19.0. The van der Waals surface area contributed by atoms with E-state index in [1.165, 1.54) is 13.8 Å². The van der Waals surface area contributed by atoms with Crippen LogP contribution >= 0.6 is 0 Å². The van der Waals surface area contributed by atoms with Gasteiger partial charge in [0.05, 0.1) is 17.8 Å². The van der Waals surface area contributed by atoms with Gasteiger partial charge >= 0.3 is 5.97 Å². The van der Waals surface area contributed by atoms with Gasteiger partial charge in [-0.05, 0) is 93.6 Å². The Labute approximate surface area is 316 Å². The molecule has 0 radical (unpaired) electrons. The highest BCUT2D eigenvalue weighted by molar-refractivity contribution is 6.04. The standard InChI is InChI=1S/C40H64N4O9/c1-24-14-13-15-29(20-24)35(47)43-16-18-44(19-17-43)36(48)31-28(5)52-38(49)39(6,7)33(46)27(4)34(40(8,50-12)22-25(2)23-42(31)11)53-37-32(45)30(41(9)10)21-26(3)51-37/h13-15,20,25-28,30-32,34,37,45H,16-19,21-23H2,1-12H3/t25-,26-,27+,28+,30+,31-,32-,34-,37+,40-/m1/s1. The smallest absolute Gasteiger partial charge is 0.319 e. The number of Topliss-reactive ketones (excluding diaryl/α,β-unsaturated/α-hetero) is 1. The van der Waals surface area contributed by atoms with E-state index >= 15 is 0 Å². The van der Waals surface area contributed by atoms with E-state index in [9.17, 15) is 24.3 Å². The number of nitrogens with zero attached hydrogens (tertiary/aromatic N) is 4. The van der Waals surface area contributed by atoms with Crippen molar-refractivity contribution < 1.29 is 43.2 Å². The molecule has 2 amide bonds. The van der Waals surface area contributed by atoms with Crippen molar-refractivity contribution in [2.24, 2.45) is 17.3 Å². The predicted molar refractivity (Wildman–Crippen MR) is 200 cm³/mol. The Morgan fingerprint density at radius 3 is 2.21 bits per heavy atom. The molecule has 0 aromatic heterocycles. The molecule has 3 fully saturated rings.